The summed E-state index contributed by atoms with van der Waals surface area (Å²) in [5.74, 6) is -3.32. The number of hydrogen-bond acceptors (Lipinski definition) is 4. The number of amides is 1. The average Bonchev–Trinajstić information content (AvgIpc) is 2.49. The summed E-state index contributed by atoms with van der Waals surface area (Å²) < 4.78 is 17.6. The molecule has 7 heteroatoms. The molecule has 6 nitrogen and oxygen atoms in total. The van der Waals surface area contributed by atoms with Crippen molar-refractivity contribution in [1.82, 2.24) is 5.32 Å². The number of carboxylic acids is 1. The maximum Gasteiger partial charge on any atom is 0.326 e. The number of nitrogens with one attached hydrogen (secondary N) is 1. The Morgan fingerprint density at radius 2 is 1.87 bits per heavy atom. The van der Waals surface area contributed by atoms with Crippen LogP contribution < -0.4 is 5.32 Å². The highest BCUT2D eigenvalue weighted by Crippen LogP contribution is 2.10. The lowest BCUT2D eigenvalue weighted by molar-refractivity contribution is -0.149. The van der Waals surface area contributed by atoms with Gasteiger partial charge in [0.15, 0.2) is 0 Å². The van der Waals surface area contributed by atoms with Crippen molar-refractivity contribution in [3.05, 3.63) is 35.6 Å². The van der Waals surface area contributed by atoms with E-state index in [9.17, 15) is 18.8 Å². The van der Waals surface area contributed by atoms with Crippen molar-refractivity contribution in [3.8, 4) is 0 Å². The molecule has 2 atom stereocenters. The second-order valence-corrected chi connectivity index (χ2v) is 5.15. The number of aliphatic carboxylic acids is 1. The first-order chi connectivity index (χ1) is 10.8. The molecule has 0 unspecified atom stereocenters. The topological polar surface area (TPSA) is 92.7 Å². The van der Waals surface area contributed by atoms with Gasteiger partial charge in [0.1, 0.15) is 11.9 Å². The van der Waals surface area contributed by atoms with Gasteiger partial charge in [-0.05, 0) is 31.0 Å². The van der Waals surface area contributed by atoms with Crippen molar-refractivity contribution in [1.29, 1.82) is 0 Å². The molecule has 0 radical (unpaired) electrons. The summed E-state index contributed by atoms with van der Waals surface area (Å²) in [7, 11) is 0. The van der Waals surface area contributed by atoms with Gasteiger partial charge in [0.25, 0.3) is 0 Å². The summed E-state index contributed by atoms with van der Waals surface area (Å²) in [4.78, 5) is 34.7. The number of halogens is 1. The fourth-order valence-electron chi connectivity index (χ4n) is 1.99. The van der Waals surface area contributed by atoms with E-state index in [1.165, 1.54) is 24.3 Å². The first-order valence-corrected chi connectivity index (χ1v) is 7.26. The Balaban J connectivity index is 2.61. The molecule has 2 N–H and O–H groups in total. The third kappa shape index (κ3) is 6.46. The van der Waals surface area contributed by atoms with E-state index in [1.54, 1.807) is 13.8 Å². The van der Waals surface area contributed by atoms with Gasteiger partial charge in [-0.3, -0.25) is 9.59 Å². The molecule has 23 heavy (non-hydrogen) atoms. The van der Waals surface area contributed by atoms with Crippen LogP contribution in [0, 0.1) is 11.7 Å². The Morgan fingerprint density at radius 1 is 1.26 bits per heavy atom. The number of carbonyl (C=O) groups is 3. The van der Waals surface area contributed by atoms with Gasteiger partial charge in [0, 0.05) is 0 Å². The van der Waals surface area contributed by atoms with Crippen LogP contribution in [0.3, 0.4) is 0 Å². The van der Waals surface area contributed by atoms with Crippen molar-refractivity contribution in [2.75, 3.05) is 6.61 Å². The van der Waals surface area contributed by atoms with Crippen LogP contribution in [0.4, 0.5) is 4.39 Å². The fraction of sp³-hybridized carbons (Fsp3) is 0.438. The van der Waals surface area contributed by atoms with Gasteiger partial charge in [0.2, 0.25) is 5.91 Å². The third-order valence-corrected chi connectivity index (χ3v) is 3.19. The maximum absolute atomic E-state index is 12.8. The summed E-state index contributed by atoms with van der Waals surface area (Å²) in [6.07, 6.45) is -0.138. The highest BCUT2D eigenvalue weighted by atomic mass is 19.1. The van der Waals surface area contributed by atoms with Crippen LogP contribution in [0.25, 0.3) is 0 Å². The molecule has 0 fully saturated rings. The van der Waals surface area contributed by atoms with Gasteiger partial charge in [-0.2, -0.15) is 0 Å². The van der Waals surface area contributed by atoms with Gasteiger partial charge in [-0.1, -0.05) is 19.1 Å². The third-order valence-electron chi connectivity index (χ3n) is 3.19. The number of esters is 1. The molecule has 0 bridgehead atoms. The van der Waals surface area contributed by atoms with Crippen LogP contribution in [0.1, 0.15) is 25.8 Å². The molecule has 0 saturated heterocycles. The molecule has 1 aromatic carbocycles. The zero-order valence-corrected chi connectivity index (χ0v) is 13.0. The minimum atomic E-state index is -1.23. The largest absolute Gasteiger partial charge is 0.480 e. The zero-order valence-electron chi connectivity index (χ0n) is 13.0. The second-order valence-electron chi connectivity index (χ2n) is 5.15. The quantitative estimate of drug-likeness (QED) is 0.707. The summed E-state index contributed by atoms with van der Waals surface area (Å²) in [5.41, 5.74) is 0.562. The van der Waals surface area contributed by atoms with E-state index in [-0.39, 0.29) is 19.4 Å². The van der Waals surface area contributed by atoms with E-state index < -0.39 is 35.6 Å². The molecule has 0 aliphatic heterocycles. The summed E-state index contributed by atoms with van der Waals surface area (Å²) in [5, 5.41) is 11.5. The summed E-state index contributed by atoms with van der Waals surface area (Å²) >= 11 is 0. The van der Waals surface area contributed by atoms with E-state index in [4.69, 9.17) is 9.84 Å². The van der Waals surface area contributed by atoms with Gasteiger partial charge in [0.05, 0.1) is 18.9 Å². The van der Waals surface area contributed by atoms with Crippen molar-refractivity contribution >= 4 is 17.8 Å². The molecule has 0 saturated carbocycles. The molecule has 0 heterocycles. The number of benzene rings is 1. The molecule has 1 amide bonds. The molecule has 0 aromatic heterocycles. The molecule has 0 spiro atoms. The smallest absolute Gasteiger partial charge is 0.326 e. The van der Waals surface area contributed by atoms with E-state index in [2.05, 4.69) is 5.32 Å². The van der Waals surface area contributed by atoms with Crippen LogP contribution in [0.2, 0.25) is 0 Å². The van der Waals surface area contributed by atoms with Crippen molar-refractivity contribution < 1.29 is 28.6 Å². The second kappa shape index (κ2) is 8.87. The lowest BCUT2D eigenvalue weighted by Crippen LogP contribution is -2.43. The normalized spacial score (nSPS) is 13.0. The van der Waals surface area contributed by atoms with E-state index in [1.807, 2.05) is 0 Å². The predicted octanol–water partition coefficient (Wildman–Crippen LogP) is 1.53. The standard InChI is InChI=1S/C16H20FNO5/c1-3-23-16(22)10(2)8-13(15(20)21)18-14(19)9-11-4-6-12(17)7-5-11/h4-7,10,13H,3,8-9H2,1-2H3,(H,18,19)(H,20,21)/t10-,13+/m0/s1. The number of rotatable bonds is 8. The first-order valence-electron chi connectivity index (χ1n) is 7.26. The average molecular weight is 325 g/mol. The zero-order chi connectivity index (χ0) is 17.4. The summed E-state index contributed by atoms with van der Waals surface area (Å²) in [6.45, 7) is 3.40. The Bertz CT molecular complexity index is 558. The van der Waals surface area contributed by atoms with E-state index in [0.29, 0.717) is 5.56 Å². The molecule has 1 rings (SSSR count). The lowest BCUT2D eigenvalue weighted by atomic mass is 10.0. The van der Waals surface area contributed by atoms with E-state index in [0.717, 1.165) is 0 Å². The Labute approximate surface area is 133 Å². The number of hydrogen-bond donors (Lipinski definition) is 2. The Kier molecular flexibility index (Phi) is 7.18. The number of carboxylic acid groups (broad SMARTS) is 1. The van der Waals surface area contributed by atoms with Gasteiger partial charge in [-0.15, -0.1) is 0 Å². The van der Waals surface area contributed by atoms with Gasteiger partial charge < -0.3 is 15.2 Å². The Hall–Kier alpha value is -2.44. The first kappa shape index (κ1) is 18.6. The van der Waals surface area contributed by atoms with Crippen molar-refractivity contribution in [3.63, 3.8) is 0 Å². The molecule has 0 aliphatic carbocycles. The molecular formula is C16H20FNO5. The lowest BCUT2D eigenvalue weighted by Gasteiger charge is -2.18. The Morgan fingerprint density at radius 3 is 2.39 bits per heavy atom. The highest BCUT2D eigenvalue weighted by Gasteiger charge is 2.26. The summed E-state index contributed by atoms with van der Waals surface area (Å²) in [6, 6.07) is 4.15. The SMILES string of the molecule is CCOC(=O)[C@@H](C)C[C@@H](NC(=O)Cc1ccc(F)cc1)C(=O)O. The monoisotopic (exact) mass is 325 g/mol. The van der Waals surface area contributed by atoms with Crippen LogP contribution in [0.5, 0.6) is 0 Å². The molecular weight excluding hydrogens is 305 g/mol. The van der Waals surface area contributed by atoms with E-state index >= 15 is 0 Å². The minimum absolute atomic E-state index is 0.0661. The van der Waals surface area contributed by atoms with Crippen LogP contribution in [0.15, 0.2) is 24.3 Å². The van der Waals surface area contributed by atoms with Crippen LogP contribution in [-0.4, -0.2) is 35.6 Å². The maximum atomic E-state index is 12.8. The highest BCUT2D eigenvalue weighted by molar-refractivity contribution is 5.85. The van der Waals surface area contributed by atoms with Crippen molar-refractivity contribution in [2.45, 2.75) is 32.7 Å². The molecule has 1 aromatic rings. The van der Waals surface area contributed by atoms with Gasteiger partial charge >= 0.3 is 11.9 Å². The van der Waals surface area contributed by atoms with Gasteiger partial charge in [-0.25, -0.2) is 9.18 Å². The fourth-order valence-corrected chi connectivity index (χ4v) is 1.99. The number of ether oxygens (including phenoxy) is 1. The predicted molar refractivity (Wildman–Crippen MR) is 80.1 cm³/mol. The van der Waals surface area contributed by atoms with Crippen molar-refractivity contribution in [2.24, 2.45) is 5.92 Å². The number of carbonyl (C=O) groups excluding carboxylic acids is 2. The molecule has 0 aliphatic rings. The minimum Gasteiger partial charge on any atom is -0.480 e. The van der Waals surface area contributed by atoms with Crippen LogP contribution in [-0.2, 0) is 25.5 Å². The molecule has 126 valence electrons. The van der Waals surface area contributed by atoms with Crippen LogP contribution >= 0.6 is 0 Å².